The Balaban J connectivity index is 2.45. The van der Waals surface area contributed by atoms with Gasteiger partial charge in [-0.1, -0.05) is 38.1 Å². The molecule has 25 heavy (non-hydrogen) atoms. The Morgan fingerprint density at radius 1 is 0.760 bits per heavy atom. The lowest BCUT2D eigenvalue weighted by Gasteiger charge is -2.27. The van der Waals surface area contributed by atoms with Gasteiger partial charge in [-0.25, -0.2) is 9.59 Å². The van der Waals surface area contributed by atoms with E-state index < -0.39 is 0 Å². The molecular weight excluding hydrogens is 316 g/mol. The second-order valence-corrected chi connectivity index (χ2v) is 6.67. The molecule has 0 aromatic heterocycles. The fourth-order valence-electron chi connectivity index (χ4n) is 2.95. The summed E-state index contributed by atoms with van der Waals surface area (Å²) in [6.07, 6.45) is 0. The van der Waals surface area contributed by atoms with E-state index in [1.165, 1.54) is 14.2 Å². The molecule has 0 atom stereocenters. The largest absolute Gasteiger partial charge is 0.465 e. The molecule has 0 amide bonds. The summed E-state index contributed by atoms with van der Waals surface area (Å²) in [7, 11) is 2.76. The number of hydrogen-bond acceptors (Lipinski definition) is 4. The van der Waals surface area contributed by atoms with Crippen LogP contribution in [0.4, 0.5) is 0 Å². The summed E-state index contributed by atoms with van der Waals surface area (Å²) in [6, 6.07) is 11.5. The van der Waals surface area contributed by atoms with E-state index in [1.807, 2.05) is 38.1 Å². The summed E-state index contributed by atoms with van der Waals surface area (Å²) in [5.74, 6) is -0.666. The highest BCUT2D eigenvalue weighted by molar-refractivity contribution is 5.91. The first kappa shape index (κ1) is 18.7. The van der Waals surface area contributed by atoms with E-state index in [-0.39, 0.29) is 17.4 Å². The molecule has 0 radical (unpaired) electrons. The van der Waals surface area contributed by atoms with E-state index in [0.717, 1.165) is 22.3 Å². The Kier molecular flexibility index (Phi) is 5.31. The van der Waals surface area contributed by atoms with Crippen LogP contribution < -0.4 is 0 Å². The number of carbonyl (C=O) groups is 2. The van der Waals surface area contributed by atoms with Gasteiger partial charge in [-0.05, 0) is 48.2 Å². The van der Waals surface area contributed by atoms with E-state index in [0.29, 0.717) is 11.1 Å². The fourth-order valence-corrected chi connectivity index (χ4v) is 2.95. The summed E-state index contributed by atoms with van der Waals surface area (Å²) in [5, 5.41) is 0. The van der Waals surface area contributed by atoms with Crippen molar-refractivity contribution in [1.82, 2.24) is 0 Å². The second-order valence-electron chi connectivity index (χ2n) is 6.67. The highest BCUT2D eigenvalue weighted by Gasteiger charge is 2.25. The van der Waals surface area contributed by atoms with Crippen molar-refractivity contribution in [3.63, 3.8) is 0 Å². The van der Waals surface area contributed by atoms with Gasteiger partial charge in [0.05, 0.1) is 25.3 Å². The average Bonchev–Trinajstić information content (AvgIpc) is 2.60. The van der Waals surface area contributed by atoms with Crippen LogP contribution in [0.2, 0.25) is 0 Å². The third-order valence-electron chi connectivity index (χ3n) is 4.71. The zero-order valence-electron chi connectivity index (χ0n) is 15.6. The molecule has 132 valence electrons. The van der Waals surface area contributed by atoms with Crippen molar-refractivity contribution in [3.05, 3.63) is 69.8 Å². The molecule has 0 aliphatic heterocycles. The summed E-state index contributed by atoms with van der Waals surface area (Å²) in [5.41, 5.74) is 4.78. The van der Waals surface area contributed by atoms with Crippen LogP contribution in [0.1, 0.15) is 56.8 Å². The summed E-state index contributed by atoms with van der Waals surface area (Å²) in [4.78, 5) is 23.5. The Bertz CT molecular complexity index is 751. The van der Waals surface area contributed by atoms with E-state index >= 15 is 0 Å². The summed E-state index contributed by atoms with van der Waals surface area (Å²) in [6.45, 7) is 8.03. The van der Waals surface area contributed by atoms with E-state index in [2.05, 4.69) is 13.8 Å². The Labute approximate surface area is 148 Å². The third kappa shape index (κ3) is 3.58. The van der Waals surface area contributed by atoms with Crippen LogP contribution in [0.15, 0.2) is 36.4 Å². The zero-order chi connectivity index (χ0) is 18.8. The monoisotopic (exact) mass is 340 g/mol. The van der Waals surface area contributed by atoms with Crippen molar-refractivity contribution in [2.45, 2.75) is 33.1 Å². The molecule has 0 heterocycles. The van der Waals surface area contributed by atoms with Crippen LogP contribution in [-0.2, 0) is 14.9 Å². The topological polar surface area (TPSA) is 52.6 Å². The van der Waals surface area contributed by atoms with Crippen molar-refractivity contribution in [1.29, 1.82) is 0 Å². The molecule has 0 saturated carbocycles. The first-order valence-corrected chi connectivity index (χ1v) is 8.11. The maximum Gasteiger partial charge on any atom is 0.338 e. The van der Waals surface area contributed by atoms with Crippen LogP contribution >= 0.6 is 0 Å². The molecule has 0 bridgehead atoms. The Morgan fingerprint density at radius 2 is 1.12 bits per heavy atom. The maximum absolute atomic E-state index is 11.8. The highest BCUT2D eigenvalue weighted by atomic mass is 16.5. The minimum atomic E-state index is -0.333. The van der Waals surface area contributed by atoms with Gasteiger partial charge in [0.1, 0.15) is 0 Å². The Morgan fingerprint density at radius 3 is 1.40 bits per heavy atom. The van der Waals surface area contributed by atoms with Crippen LogP contribution in [0, 0.1) is 13.8 Å². The van der Waals surface area contributed by atoms with Gasteiger partial charge in [0, 0.05) is 5.41 Å². The minimum absolute atomic E-state index is 0.279. The van der Waals surface area contributed by atoms with Gasteiger partial charge in [0.15, 0.2) is 0 Å². The van der Waals surface area contributed by atoms with E-state index in [9.17, 15) is 9.59 Å². The molecule has 0 fully saturated rings. The van der Waals surface area contributed by atoms with Crippen LogP contribution in [0.5, 0.6) is 0 Å². The molecule has 0 N–H and O–H groups in total. The van der Waals surface area contributed by atoms with E-state index in [4.69, 9.17) is 9.47 Å². The average molecular weight is 340 g/mol. The van der Waals surface area contributed by atoms with Gasteiger partial charge in [-0.2, -0.15) is 0 Å². The second kappa shape index (κ2) is 7.09. The number of rotatable bonds is 4. The molecule has 2 aromatic carbocycles. The molecule has 0 aliphatic rings. The predicted octanol–water partition coefficient (Wildman–Crippen LogP) is 4.20. The predicted molar refractivity (Wildman–Crippen MR) is 97.2 cm³/mol. The molecular formula is C21H24O4. The van der Waals surface area contributed by atoms with Crippen molar-refractivity contribution in [2.24, 2.45) is 0 Å². The number of benzene rings is 2. The van der Waals surface area contributed by atoms with Crippen molar-refractivity contribution >= 4 is 11.9 Å². The van der Waals surface area contributed by atoms with Crippen LogP contribution in [0.3, 0.4) is 0 Å². The molecule has 2 aromatic rings. The molecule has 4 nitrogen and oxygen atoms in total. The smallest absolute Gasteiger partial charge is 0.338 e. The SMILES string of the molecule is COC(=O)c1ccc(C(C)(C)c2ccc(C(=O)OC)c(C)c2)cc1C. The maximum atomic E-state index is 11.8. The van der Waals surface area contributed by atoms with Gasteiger partial charge in [-0.3, -0.25) is 0 Å². The highest BCUT2D eigenvalue weighted by Crippen LogP contribution is 2.33. The van der Waals surface area contributed by atoms with Crippen molar-refractivity contribution in [3.8, 4) is 0 Å². The molecule has 0 saturated heterocycles. The summed E-state index contributed by atoms with van der Waals surface area (Å²) >= 11 is 0. The fraction of sp³-hybridized carbons (Fsp3) is 0.333. The quantitative estimate of drug-likeness (QED) is 0.783. The molecule has 0 aliphatic carbocycles. The van der Waals surface area contributed by atoms with Gasteiger partial charge < -0.3 is 9.47 Å². The van der Waals surface area contributed by atoms with Gasteiger partial charge in [0.25, 0.3) is 0 Å². The molecule has 0 spiro atoms. The van der Waals surface area contributed by atoms with Gasteiger partial charge in [0.2, 0.25) is 0 Å². The lowest BCUT2D eigenvalue weighted by molar-refractivity contribution is 0.0591. The standard InChI is InChI=1S/C21H24O4/c1-13-11-15(7-9-17(13)19(22)24-5)21(3,4)16-8-10-18(14(2)12-16)20(23)25-6/h7-12H,1-6H3. The van der Waals surface area contributed by atoms with Crippen molar-refractivity contribution < 1.29 is 19.1 Å². The van der Waals surface area contributed by atoms with Gasteiger partial charge in [-0.15, -0.1) is 0 Å². The number of hydrogen-bond donors (Lipinski definition) is 0. The third-order valence-corrected chi connectivity index (χ3v) is 4.71. The molecule has 0 unspecified atom stereocenters. The molecule has 4 heteroatoms. The number of aryl methyl sites for hydroxylation is 2. The normalized spacial score (nSPS) is 11.1. The lowest BCUT2D eigenvalue weighted by atomic mass is 9.76. The number of esters is 2. The Hall–Kier alpha value is -2.62. The first-order chi connectivity index (χ1) is 11.7. The van der Waals surface area contributed by atoms with Crippen molar-refractivity contribution in [2.75, 3.05) is 14.2 Å². The first-order valence-electron chi connectivity index (χ1n) is 8.11. The number of carbonyl (C=O) groups excluding carboxylic acids is 2. The van der Waals surface area contributed by atoms with Crippen LogP contribution in [-0.4, -0.2) is 26.2 Å². The van der Waals surface area contributed by atoms with E-state index in [1.54, 1.807) is 12.1 Å². The molecule has 2 rings (SSSR count). The number of ether oxygens (including phenoxy) is 2. The lowest BCUT2D eigenvalue weighted by Crippen LogP contribution is -2.20. The summed E-state index contributed by atoms with van der Waals surface area (Å²) < 4.78 is 9.61. The zero-order valence-corrected chi connectivity index (χ0v) is 15.6. The number of methoxy groups -OCH3 is 2. The minimum Gasteiger partial charge on any atom is -0.465 e. The van der Waals surface area contributed by atoms with Crippen LogP contribution in [0.25, 0.3) is 0 Å². The van der Waals surface area contributed by atoms with Gasteiger partial charge >= 0.3 is 11.9 Å².